The van der Waals surface area contributed by atoms with Crippen LogP contribution in [-0.2, 0) is 21.2 Å². The number of aromatic nitrogens is 4. The van der Waals surface area contributed by atoms with E-state index in [1.165, 1.54) is 15.6 Å². The molecule has 3 aromatic rings. The van der Waals surface area contributed by atoms with E-state index in [0.29, 0.717) is 63.6 Å². The zero-order chi connectivity index (χ0) is 24.0. The van der Waals surface area contributed by atoms with Gasteiger partial charge in [0, 0.05) is 49.6 Å². The molecule has 0 amide bonds. The number of sulfonamides is 1. The minimum Gasteiger partial charge on any atom is -0.396 e. The van der Waals surface area contributed by atoms with Crippen molar-refractivity contribution in [3.05, 3.63) is 35.4 Å². The molecule has 5 heterocycles. The number of aromatic amines is 1. The number of anilines is 1. The number of hydrogen-bond acceptors (Lipinski definition) is 9. The lowest BCUT2D eigenvalue weighted by Gasteiger charge is -2.29. The van der Waals surface area contributed by atoms with E-state index in [-0.39, 0.29) is 16.7 Å². The van der Waals surface area contributed by atoms with Gasteiger partial charge >= 0.3 is 0 Å². The van der Waals surface area contributed by atoms with Crippen molar-refractivity contribution >= 4 is 43.0 Å². The fourth-order valence-electron chi connectivity index (χ4n) is 5.01. The van der Waals surface area contributed by atoms with Gasteiger partial charge in [-0.1, -0.05) is 6.08 Å². The Morgan fingerprint density at radius 1 is 1.17 bits per heavy atom. The van der Waals surface area contributed by atoms with Crippen LogP contribution in [0.15, 0.2) is 22.5 Å². The van der Waals surface area contributed by atoms with Gasteiger partial charge in [-0.25, -0.2) is 18.4 Å². The Bertz CT molecular complexity index is 1370. The van der Waals surface area contributed by atoms with Crippen molar-refractivity contribution in [1.82, 2.24) is 24.5 Å². The molecule has 2 aliphatic heterocycles. The predicted molar refractivity (Wildman–Crippen MR) is 133 cm³/mol. The minimum atomic E-state index is -3.65. The number of allylic oxidation sites excluding steroid dienone is 1. The maximum atomic E-state index is 13.5. The number of aryl methyl sites for hydroxylation is 1. The standard InChI is InChI=1S/C23H28N6O4S2/c30-14-15-4-6-29(7-5-15)35(31,32)20-12-19-21(34-20)23(28-8-10-33-11-9-28)26-22(25-19)16-2-1-3-18-17(16)13-24-27-18/h2,12-13,15,30H,1,3-11,14H2,(H,24,27). The predicted octanol–water partition coefficient (Wildman–Crippen LogP) is 2.02. The normalized spacial score (nSPS) is 20.3. The van der Waals surface area contributed by atoms with Crippen LogP contribution in [0.3, 0.4) is 0 Å². The summed E-state index contributed by atoms with van der Waals surface area (Å²) in [6.07, 6.45) is 7.05. The first-order valence-corrected chi connectivity index (χ1v) is 14.3. The molecule has 0 unspecified atom stereocenters. The summed E-state index contributed by atoms with van der Waals surface area (Å²) in [4.78, 5) is 12.0. The number of fused-ring (bicyclic) bond motifs is 2. The lowest BCUT2D eigenvalue weighted by atomic mass is 9.96. The van der Waals surface area contributed by atoms with Gasteiger partial charge < -0.3 is 14.7 Å². The van der Waals surface area contributed by atoms with E-state index in [4.69, 9.17) is 14.7 Å². The van der Waals surface area contributed by atoms with Crippen LogP contribution in [0.4, 0.5) is 5.82 Å². The molecule has 3 aliphatic rings. The summed E-state index contributed by atoms with van der Waals surface area (Å²) < 4.78 is 35.2. The summed E-state index contributed by atoms with van der Waals surface area (Å²) in [7, 11) is -3.65. The molecule has 2 saturated heterocycles. The van der Waals surface area contributed by atoms with E-state index in [1.54, 1.807) is 6.07 Å². The highest BCUT2D eigenvalue weighted by Crippen LogP contribution is 2.39. The molecule has 0 radical (unpaired) electrons. The highest BCUT2D eigenvalue weighted by atomic mass is 32.2. The average Bonchev–Trinajstić information content (AvgIpc) is 3.56. The third-order valence-electron chi connectivity index (χ3n) is 7.06. The summed E-state index contributed by atoms with van der Waals surface area (Å²) >= 11 is 1.24. The number of nitrogens with zero attached hydrogens (tertiary/aromatic N) is 5. The minimum absolute atomic E-state index is 0.103. The molecule has 6 rings (SSSR count). The topological polar surface area (TPSA) is 125 Å². The lowest BCUT2D eigenvalue weighted by Crippen LogP contribution is -2.38. The van der Waals surface area contributed by atoms with Crippen molar-refractivity contribution in [2.75, 3.05) is 50.9 Å². The molecule has 2 N–H and O–H groups in total. The lowest BCUT2D eigenvalue weighted by molar-refractivity contribution is 0.122. The van der Waals surface area contributed by atoms with Crippen LogP contribution in [0, 0.1) is 5.92 Å². The van der Waals surface area contributed by atoms with Crippen molar-refractivity contribution in [2.45, 2.75) is 29.9 Å². The molecule has 12 heteroatoms. The van der Waals surface area contributed by atoms with Crippen molar-refractivity contribution < 1.29 is 18.3 Å². The van der Waals surface area contributed by atoms with Gasteiger partial charge in [0.2, 0.25) is 0 Å². The SMILES string of the molecule is O=S(=O)(c1cc2nc(C3=CCCc4[nH]ncc43)nc(N3CCOCC3)c2s1)N1CCC(CO)CC1. The second-order valence-electron chi connectivity index (χ2n) is 9.20. The number of aliphatic hydroxyl groups is 1. The highest BCUT2D eigenvalue weighted by molar-refractivity contribution is 7.91. The Morgan fingerprint density at radius 2 is 1.97 bits per heavy atom. The molecule has 0 aromatic carbocycles. The zero-order valence-electron chi connectivity index (χ0n) is 19.3. The molecule has 0 atom stereocenters. The van der Waals surface area contributed by atoms with Crippen LogP contribution in [0.5, 0.6) is 0 Å². The van der Waals surface area contributed by atoms with Crippen molar-refractivity contribution in [1.29, 1.82) is 0 Å². The number of ether oxygens (including phenoxy) is 1. The Morgan fingerprint density at radius 3 is 2.74 bits per heavy atom. The number of aliphatic hydroxyl groups excluding tert-OH is 1. The van der Waals surface area contributed by atoms with Gasteiger partial charge in [-0.2, -0.15) is 9.40 Å². The van der Waals surface area contributed by atoms with Crippen molar-refractivity contribution in [2.24, 2.45) is 5.92 Å². The van der Waals surface area contributed by atoms with E-state index < -0.39 is 10.0 Å². The Kier molecular flexibility index (Phi) is 6.09. The van der Waals surface area contributed by atoms with Crippen LogP contribution < -0.4 is 4.90 Å². The van der Waals surface area contributed by atoms with E-state index in [2.05, 4.69) is 21.2 Å². The van der Waals surface area contributed by atoms with Gasteiger partial charge in [0.15, 0.2) is 11.6 Å². The molecule has 0 spiro atoms. The van der Waals surface area contributed by atoms with E-state index in [1.807, 2.05) is 6.20 Å². The Balaban J connectivity index is 1.44. The first-order chi connectivity index (χ1) is 17.0. The number of rotatable bonds is 5. The van der Waals surface area contributed by atoms with E-state index in [9.17, 15) is 13.5 Å². The largest absolute Gasteiger partial charge is 0.396 e. The summed E-state index contributed by atoms with van der Waals surface area (Å²) in [5, 5.41) is 16.7. The zero-order valence-corrected chi connectivity index (χ0v) is 20.9. The molecule has 3 aromatic heterocycles. The van der Waals surface area contributed by atoms with E-state index >= 15 is 0 Å². The summed E-state index contributed by atoms with van der Waals surface area (Å²) in [5.74, 6) is 1.52. The number of hydrogen-bond donors (Lipinski definition) is 2. The molecule has 1 aliphatic carbocycles. The van der Waals surface area contributed by atoms with Gasteiger partial charge in [-0.05, 0) is 37.7 Å². The third-order valence-corrected chi connectivity index (χ3v) is 10.5. The number of thiophene rings is 1. The number of piperidine rings is 1. The monoisotopic (exact) mass is 516 g/mol. The van der Waals surface area contributed by atoms with Gasteiger partial charge in [0.25, 0.3) is 10.0 Å². The van der Waals surface area contributed by atoms with Crippen LogP contribution in [0.25, 0.3) is 15.8 Å². The summed E-state index contributed by atoms with van der Waals surface area (Å²) in [6.45, 7) is 3.53. The Labute approximate surface area is 207 Å². The van der Waals surface area contributed by atoms with Gasteiger partial charge in [-0.3, -0.25) is 5.10 Å². The van der Waals surface area contributed by atoms with Crippen molar-refractivity contribution in [3.8, 4) is 0 Å². The maximum Gasteiger partial charge on any atom is 0.252 e. The molecule has 2 fully saturated rings. The molecule has 35 heavy (non-hydrogen) atoms. The van der Waals surface area contributed by atoms with E-state index in [0.717, 1.165) is 40.2 Å². The quantitative estimate of drug-likeness (QED) is 0.528. The first kappa shape index (κ1) is 23.0. The highest BCUT2D eigenvalue weighted by Gasteiger charge is 2.32. The van der Waals surface area contributed by atoms with Gasteiger partial charge in [0.1, 0.15) is 4.21 Å². The molecule has 186 valence electrons. The maximum absolute atomic E-state index is 13.5. The van der Waals surface area contributed by atoms with Crippen LogP contribution >= 0.6 is 11.3 Å². The summed E-state index contributed by atoms with van der Waals surface area (Å²) in [6, 6.07) is 1.70. The smallest absolute Gasteiger partial charge is 0.252 e. The van der Waals surface area contributed by atoms with Crippen molar-refractivity contribution in [3.63, 3.8) is 0 Å². The second kappa shape index (κ2) is 9.25. The molecule has 0 saturated carbocycles. The molecule has 10 nitrogen and oxygen atoms in total. The number of morpholine rings is 1. The fourth-order valence-corrected chi connectivity index (χ4v) is 8.05. The fraction of sp³-hybridized carbons (Fsp3) is 0.522. The average molecular weight is 517 g/mol. The van der Waals surface area contributed by atoms with Gasteiger partial charge in [-0.15, -0.1) is 11.3 Å². The van der Waals surface area contributed by atoms with Crippen LogP contribution in [0.2, 0.25) is 0 Å². The molecular weight excluding hydrogens is 488 g/mol. The third kappa shape index (κ3) is 4.16. The summed E-state index contributed by atoms with van der Waals surface area (Å²) in [5.41, 5.74) is 3.64. The first-order valence-electron chi connectivity index (χ1n) is 12.0. The van der Waals surface area contributed by atoms with Crippen LogP contribution in [-0.4, -0.2) is 84.0 Å². The Hall–Kier alpha value is -2.38. The number of nitrogens with one attached hydrogen (secondary N) is 1. The molecule has 0 bridgehead atoms. The van der Waals surface area contributed by atoms with Crippen LogP contribution in [0.1, 0.15) is 36.3 Å². The number of H-pyrrole nitrogens is 1. The molecular formula is C23H28N6O4S2. The van der Waals surface area contributed by atoms with Gasteiger partial charge in [0.05, 0.1) is 29.6 Å². The second-order valence-corrected chi connectivity index (χ2v) is 12.4.